The Morgan fingerprint density at radius 3 is 2.79 bits per heavy atom. The number of carboxylic acid groups (broad SMARTS) is 1. The summed E-state index contributed by atoms with van der Waals surface area (Å²) in [5.74, 6) is -1.22. The van der Waals surface area contributed by atoms with Gasteiger partial charge in [0.05, 0.1) is 18.3 Å². The standard InChI is InChI=1S/C12H18N4O3/c13-4-5-16-7-9(14-8-16)11(19)15-12(2-1-3-12)6-10(17)18/h7-8H,1-6,13H2,(H,15,19)(H,17,18). The van der Waals surface area contributed by atoms with Crippen molar-refractivity contribution in [2.75, 3.05) is 6.54 Å². The van der Waals surface area contributed by atoms with Gasteiger partial charge in [-0.3, -0.25) is 9.59 Å². The molecule has 7 heteroatoms. The van der Waals surface area contributed by atoms with Crippen molar-refractivity contribution in [1.82, 2.24) is 14.9 Å². The van der Waals surface area contributed by atoms with Gasteiger partial charge in [0, 0.05) is 19.3 Å². The Labute approximate surface area is 110 Å². The van der Waals surface area contributed by atoms with E-state index < -0.39 is 11.5 Å². The Kier molecular flexibility index (Phi) is 3.84. The van der Waals surface area contributed by atoms with Crippen molar-refractivity contribution < 1.29 is 14.7 Å². The lowest BCUT2D eigenvalue weighted by molar-refractivity contribution is -0.139. The topological polar surface area (TPSA) is 110 Å². The van der Waals surface area contributed by atoms with Crippen LogP contribution >= 0.6 is 0 Å². The molecule has 0 unspecified atom stereocenters. The van der Waals surface area contributed by atoms with Crippen molar-refractivity contribution in [2.45, 2.75) is 37.8 Å². The molecule has 2 rings (SSSR count). The van der Waals surface area contributed by atoms with E-state index in [1.807, 2.05) is 0 Å². The van der Waals surface area contributed by atoms with E-state index in [1.165, 1.54) is 0 Å². The Balaban J connectivity index is 2.00. The molecule has 104 valence electrons. The lowest BCUT2D eigenvalue weighted by atomic mass is 9.74. The number of nitrogens with two attached hydrogens (primary N) is 1. The normalized spacial score (nSPS) is 16.7. The minimum Gasteiger partial charge on any atom is -0.481 e. The minimum absolute atomic E-state index is 0.0394. The number of hydrogen-bond acceptors (Lipinski definition) is 4. The van der Waals surface area contributed by atoms with Crippen molar-refractivity contribution in [3.8, 4) is 0 Å². The molecule has 4 N–H and O–H groups in total. The molecule has 0 bridgehead atoms. The number of carboxylic acids is 1. The van der Waals surface area contributed by atoms with E-state index in [9.17, 15) is 9.59 Å². The van der Waals surface area contributed by atoms with Crippen LogP contribution in [0.5, 0.6) is 0 Å². The lowest BCUT2D eigenvalue weighted by Gasteiger charge is -2.41. The first-order valence-corrected chi connectivity index (χ1v) is 6.31. The maximum absolute atomic E-state index is 12.0. The van der Waals surface area contributed by atoms with Gasteiger partial charge < -0.3 is 20.7 Å². The van der Waals surface area contributed by atoms with Gasteiger partial charge in [-0.25, -0.2) is 4.98 Å². The molecular formula is C12H18N4O3. The summed E-state index contributed by atoms with van der Waals surface area (Å²) < 4.78 is 1.74. The van der Waals surface area contributed by atoms with Gasteiger partial charge in [0.15, 0.2) is 0 Å². The zero-order valence-electron chi connectivity index (χ0n) is 10.6. The zero-order valence-corrected chi connectivity index (χ0v) is 10.6. The van der Waals surface area contributed by atoms with Gasteiger partial charge in [0.1, 0.15) is 5.69 Å². The second-order valence-corrected chi connectivity index (χ2v) is 4.94. The van der Waals surface area contributed by atoms with Crippen LogP contribution in [0.2, 0.25) is 0 Å². The Morgan fingerprint density at radius 1 is 1.53 bits per heavy atom. The highest BCUT2D eigenvalue weighted by molar-refractivity contribution is 5.93. The quantitative estimate of drug-likeness (QED) is 0.669. The first-order valence-electron chi connectivity index (χ1n) is 6.31. The van der Waals surface area contributed by atoms with Gasteiger partial charge in [-0.1, -0.05) is 0 Å². The van der Waals surface area contributed by atoms with Crippen LogP contribution in [0, 0.1) is 0 Å². The van der Waals surface area contributed by atoms with Gasteiger partial charge in [0.25, 0.3) is 5.91 Å². The molecule has 19 heavy (non-hydrogen) atoms. The number of rotatable bonds is 6. The summed E-state index contributed by atoms with van der Waals surface area (Å²) in [5.41, 5.74) is 5.12. The van der Waals surface area contributed by atoms with Crippen LogP contribution in [0.25, 0.3) is 0 Å². The summed E-state index contributed by atoms with van der Waals surface area (Å²) >= 11 is 0. The molecule has 1 fully saturated rings. The van der Waals surface area contributed by atoms with Crippen LogP contribution in [-0.4, -0.2) is 38.6 Å². The van der Waals surface area contributed by atoms with Crippen LogP contribution in [0.1, 0.15) is 36.2 Å². The fourth-order valence-electron chi connectivity index (χ4n) is 2.29. The maximum atomic E-state index is 12.0. The molecule has 0 spiro atoms. The molecule has 0 atom stereocenters. The van der Waals surface area contributed by atoms with Crippen LogP contribution in [0.15, 0.2) is 12.5 Å². The number of carbonyl (C=O) groups excluding carboxylic acids is 1. The van der Waals surface area contributed by atoms with Crippen molar-refractivity contribution in [3.05, 3.63) is 18.2 Å². The van der Waals surface area contributed by atoms with E-state index in [1.54, 1.807) is 17.1 Å². The molecule has 1 saturated carbocycles. The average molecular weight is 266 g/mol. The third-order valence-electron chi connectivity index (χ3n) is 3.43. The number of imidazole rings is 1. The fraction of sp³-hybridized carbons (Fsp3) is 0.583. The molecule has 0 aliphatic heterocycles. The fourth-order valence-corrected chi connectivity index (χ4v) is 2.29. The molecular weight excluding hydrogens is 248 g/mol. The van der Waals surface area contributed by atoms with E-state index in [4.69, 9.17) is 10.8 Å². The van der Waals surface area contributed by atoms with Crippen molar-refractivity contribution in [2.24, 2.45) is 5.73 Å². The van der Waals surface area contributed by atoms with E-state index in [0.29, 0.717) is 31.6 Å². The SMILES string of the molecule is NCCn1cnc(C(=O)NC2(CC(=O)O)CCC2)c1. The summed E-state index contributed by atoms with van der Waals surface area (Å²) in [7, 11) is 0. The first-order chi connectivity index (χ1) is 9.04. The monoisotopic (exact) mass is 266 g/mol. The summed E-state index contributed by atoms with van der Waals surface area (Å²) in [6.07, 6.45) is 5.47. The van der Waals surface area contributed by atoms with E-state index in [2.05, 4.69) is 10.3 Å². The van der Waals surface area contributed by atoms with E-state index in [-0.39, 0.29) is 12.3 Å². The highest BCUT2D eigenvalue weighted by Crippen LogP contribution is 2.35. The predicted octanol–water partition coefficient (Wildman–Crippen LogP) is -0.0310. The number of hydrogen-bond donors (Lipinski definition) is 3. The summed E-state index contributed by atoms with van der Waals surface area (Å²) in [5, 5.41) is 11.7. The molecule has 1 aliphatic rings. The molecule has 1 aliphatic carbocycles. The molecule has 1 aromatic heterocycles. The molecule has 0 aromatic carbocycles. The number of nitrogens with zero attached hydrogens (tertiary/aromatic N) is 2. The summed E-state index contributed by atoms with van der Waals surface area (Å²) in [4.78, 5) is 26.9. The molecule has 0 saturated heterocycles. The number of carbonyl (C=O) groups is 2. The number of aromatic nitrogens is 2. The Morgan fingerprint density at radius 2 is 2.26 bits per heavy atom. The molecule has 7 nitrogen and oxygen atoms in total. The third kappa shape index (κ3) is 3.11. The van der Waals surface area contributed by atoms with Crippen molar-refractivity contribution in [3.63, 3.8) is 0 Å². The predicted molar refractivity (Wildman–Crippen MR) is 67.6 cm³/mol. The van der Waals surface area contributed by atoms with Gasteiger partial charge in [-0.2, -0.15) is 0 Å². The zero-order chi connectivity index (χ0) is 13.9. The third-order valence-corrected chi connectivity index (χ3v) is 3.43. The average Bonchev–Trinajstić information content (AvgIpc) is 2.74. The van der Waals surface area contributed by atoms with Crippen molar-refractivity contribution >= 4 is 11.9 Å². The maximum Gasteiger partial charge on any atom is 0.305 e. The first kappa shape index (κ1) is 13.5. The number of amides is 1. The van der Waals surface area contributed by atoms with Crippen LogP contribution in [-0.2, 0) is 11.3 Å². The molecule has 1 aromatic rings. The molecule has 1 amide bonds. The Hall–Kier alpha value is -1.89. The highest BCUT2D eigenvalue weighted by atomic mass is 16.4. The minimum atomic E-state index is -0.895. The van der Waals surface area contributed by atoms with Crippen LogP contribution in [0.4, 0.5) is 0 Å². The van der Waals surface area contributed by atoms with Crippen LogP contribution < -0.4 is 11.1 Å². The smallest absolute Gasteiger partial charge is 0.305 e. The highest BCUT2D eigenvalue weighted by Gasteiger charge is 2.40. The number of nitrogens with one attached hydrogen (secondary N) is 1. The van der Waals surface area contributed by atoms with Crippen LogP contribution in [0.3, 0.4) is 0 Å². The van der Waals surface area contributed by atoms with Gasteiger partial charge in [0.2, 0.25) is 0 Å². The van der Waals surface area contributed by atoms with Crippen molar-refractivity contribution in [1.29, 1.82) is 0 Å². The largest absolute Gasteiger partial charge is 0.481 e. The summed E-state index contributed by atoms with van der Waals surface area (Å²) in [6.45, 7) is 1.07. The molecule has 0 radical (unpaired) electrons. The van der Waals surface area contributed by atoms with Gasteiger partial charge in [-0.15, -0.1) is 0 Å². The van der Waals surface area contributed by atoms with E-state index in [0.717, 1.165) is 6.42 Å². The second-order valence-electron chi connectivity index (χ2n) is 4.94. The van der Waals surface area contributed by atoms with Gasteiger partial charge >= 0.3 is 5.97 Å². The van der Waals surface area contributed by atoms with E-state index >= 15 is 0 Å². The Bertz CT molecular complexity index is 479. The molecule has 1 heterocycles. The number of aliphatic carboxylic acids is 1. The second kappa shape index (κ2) is 5.40. The summed E-state index contributed by atoms with van der Waals surface area (Å²) in [6, 6.07) is 0. The lowest BCUT2D eigenvalue weighted by Crippen LogP contribution is -2.54. The van der Waals surface area contributed by atoms with Gasteiger partial charge in [-0.05, 0) is 19.3 Å².